The minimum Gasteiger partial charge on any atom is -0.508 e. The molecule has 13 heavy (non-hydrogen) atoms. The van der Waals surface area contributed by atoms with Crippen LogP contribution in [0.2, 0.25) is 0 Å². The molecule has 0 fully saturated rings. The van der Waals surface area contributed by atoms with Gasteiger partial charge in [0.2, 0.25) is 0 Å². The molecule has 0 saturated carbocycles. The van der Waals surface area contributed by atoms with Crippen molar-refractivity contribution >= 4 is 44.3 Å². The molecular weight excluding hydrogens is 347 g/mol. The van der Waals surface area contributed by atoms with Gasteiger partial charge in [-0.05, 0) is 47.7 Å². The molecule has 0 amide bonds. The van der Waals surface area contributed by atoms with Crippen molar-refractivity contribution in [1.29, 1.82) is 0 Å². The second-order valence-electron chi connectivity index (χ2n) is 2.64. The molecule has 1 atom stereocenters. The molecule has 70 valence electrons. The lowest BCUT2D eigenvalue weighted by Gasteiger charge is -2.05. The monoisotopic (exact) mass is 354 g/mol. The molecule has 0 aliphatic heterocycles. The van der Waals surface area contributed by atoms with Gasteiger partial charge >= 0.3 is 0 Å². The van der Waals surface area contributed by atoms with Gasteiger partial charge in [-0.3, -0.25) is 4.79 Å². The lowest BCUT2D eigenvalue weighted by Crippen LogP contribution is -2.11. The highest BCUT2D eigenvalue weighted by atomic mass is 127. The van der Waals surface area contributed by atoms with Gasteiger partial charge in [0.05, 0.1) is 4.83 Å². The summed E-state index contributed by atoms with van der Waals surface area (Å²) in [6, 6.07) is 4.78. The van der Waals surface area contributed by atoms with Crippen LogP contribution in [0.3, 0.4) is 0 Å². The van der Waals surface area contributed by atoms with Gasteiger partial charge in [0.25, 0.3) is 0 Å². The number of carbonyl (C=O) groups is 1. The van der Waals surface area contributed by atoms with Gasteiger partial charge in [-0.1, -0.05) is 15.9 Å². The van der Waals surface area contributed by atoms with Crippen LogP contribution in [0.15, 0.2) is 18.2 Å². The van der Waals surface area contributed by atoms with E-state index in [0.29, 0.717) is 5.56 Å². The van der Waals surface area contributed by atoms with Crippen LogP contribution in [0.1, 0.15) is 17.3 Å². The molecule has 2 nitrogen and oxygen atoms in total. The molecule has 0 spiro atoms. The molecule has 0 aliphatic carbocycles. The zero-order chi connectivity index (χ0) is 10.0. The fourth-order valence-electron chi connectivity index (χ4n) is 0.916. The summed E-state index contributed by atoms with van der Waals surface area (Å²) >= 11 is 5.27. The summed E-state index contributed by atoms with van der Waals surface area (Å²) in [5, 5.41) is 9.20. The van der Waals surface area contributed by atoms with Crippen LogP contribution in [0.25, 0.3) is 0 Å². The molecule has 1 N–H and O–H groups in total. The zero-order valence-electron chi connectivity index (χ0n) is 6.92. The van der Waals surface area contributed by atoms with E-state index in [0.717, 1.165) is 3.57 Å². The highest BCUT2D eigenvalue weighted by Gasteiger charge is 2.15. The van der Waals surface area contributed by atoms with Crippen molar-refractivity contribution in [2.24, 2.45) is 0 Å². The first-order valence-corrected chi connectivity index (χ1v) is 5.68. The Morgan fingerprint density at radius 3 is 2.77 bits per heavy atom. The summed E-state index contributed by atoms with van der Waals surface area (Å²) in [4.78, 5) is 11.3. The van der Waals surface area contributed by atoms with Gasteiger partial charge in [0.15, 0.2) is 5.78 Å². The van der Waals surface area contributed by atoms with Crippen LogP contribution in [0.4, 0.5) is 0 Å². The molecule has 1 aromatic rings. The third kappa shape index (κ3) is 2.67. The lowest BCUT2D eigenvalue weighted by atomic mass is 10.1. The maximum Gasteiger partial charge on any atom is 0.177 e. The largest absolute Gasteiger partial charge is 0.508 e. The molecular formula is C9H8BrIO2. The highest BCUT2D eigenvalue weighted by Crippen LogP contribution is 2.21. The number of Topliss-reactive ketones (excluding diaryl/α,β-unsaturated/α-hetero) is 1. The number of alkyl halides is 1. The second kappa shape index (κ2) is 4.41. The molecule has 0 aromatic heterocycles. The summed E-state index contributed by atoms with van der Waals surface area (Å²) in [6.07, 6.45) is 0. The number of ketones is 1. The molecule has 0 heterocycles. The lowest BCUT2D eigenvalue weighted by molar-refractivity contribution is 0.0994. The number of phenolic OH excluding ortho intramolecular Hbond substituents is 1. The Morgan fingerprint density at radius 2 is 2.23 bits per heavy atom. The number of hydrogen-bond acceptors (Lipinski definition) is 2. The minimum atomic E-state index is -0.220. The van der Waals surface area contributed by atoms with Crippen molar-refractivity contribution in [3.63, 3.8) is 0 Å². The minimum absolute atomic E-state index is 0.0136. The molecule has 1 unspecified atom stereocenters. The van der Waals surface area contributed by atoms with Gasteiger partial charge < -0.3 is 5.11 Å². The zero-order valence-corrected chi connectivity index (χ0v) is 10.7. The summed E-state index contributed by atoms with van der Waals surface area (Å²) in [5.74, 6) is 0.109. The topological polar surface area (TPSA) is 37.3 Å². The fraction of sp³-hybridized carbons (Fsp3) is 0.222. The van der Waals surface area contributed by atoms with Crippen molar-refractivity contribution in [3.8, 4) is 5.75 Å². The predicted octanol–water partition coefficient (Wildman–Crippen LogP) is 2.96. The average molecular weight is 355 g/mol. The summed E-state index contributed by atoms with van der Waals surface area (Å²) in [5.41, 5.74) is 0.560. The number of hydrogen-bond donors (Lipinski definition) is 1. The van der Waals surface area contributed by atoms with E-state index in [4.69, 9.17) is 0 Å². The van der Waals surface area contributed by atoms with E-state index in [1.165, 1.54) is 6.07 Å². The molecule has 1 aromatic carbocycles. The molecule has 0 saturated heterocycles. The van der Waals surface area contributed by atoms with Crippen LogP contribution in [0.5, 0.6) is 5.75 Å². The fourth-order valence-corrected chi connectivity index (χ4v) is 1.76. The van der Waals surface area contributed by atoms with Crippen LogP contribution in [-0.4, -0.2) is 15.7 Å². The first kappa shape index (κ1) is 11.0. The standard InChI is InChI=1S/C9H8BrIO2/c1-5(10)9(13)7-4-6(12)2-3-8(7)11/h2-5,12H,1H3. The van der Waals surface area contributed by atoms with Gasteiger partial charge in [0.1, 0.15) is 5.75 Å². The smallest absolute Gasteiger partial charge is 0.177 e. The van der Waals surface area contributed by atoms with E-state index < -0.39 is 0 Å². The van der Waals surface area contributed by atoms with Gasteiger partial charge in [-0.2, -0.15) is 0 Å². The average Bonchev–Trinajstić information content (AvgIpc) is 2.08. The number of benzene rings is 1. The van der Waals surface area contributed by atoms with Crippen molar-refractivity contribution in [2.45, 2.75) is 11.8 Å². The second-order valence-corrected chi connectivity index (χ2v) is 5.18. The molecule has 0 aliphatic rings. The summed E-state index contributed by atoms with van der Waals surface area (Å²) < 4.78 is 0.853. The quantitative estimate of drug-likeness (QED) is 0.503. The third-order valence-electron chi connectivity index (χ3n) is 1.58. The number of aromatic hydroxyl groups is 1. The Morgan fingerprint density at radius 1 is 1.62 bits per heavy atom. The van der Waals surface area contributed by atoms with E-state index in [1.54, 1.807) is 19.1 Å². The van der Waals surface area contributed by atoms with Crippen LogP contribution in [0, 0.1) is 3.57 Å². The number of halogens is 2. The SMILES string of the molecule is CC(Br)C(=O)c1cc(O)ccc1I. The van der Waals surface area contributed by atoms with Crippen LogP contribution < -0.4 is 0 Å². The van der Waals surface area contributed by atoms with Crippen LogP contribution in [-0.2, 0) is 0 Å². The Bertz CT molecular complexity index is 336. The van der Waals surface area contributed by atoms with E-state index >= 15 is 0 Å². The molecule has 0 bridgehead atoms. The van der Waals surface area contributed by atoms with Crippen molar-refractivity contribution in [1.82, 2.24) is 0 Å². The van der Waals surface area contributed by atoms with E-state index in [-0.39, 0.29) is 16.4 Å². The van der Waals surface area contributed by atoms with E-state index in [2.05, 4.69) is 38.5 Å². The molecule has 1 rings (SSSR count). The number of phenols is 1. The van der Waals surface area contributed by atoms with Crippen LogP contribution >= 0.6 is 38.5 Å². The number of carbonyl (C=O) groups excluding carboxylic acids is 1. The predicted molar refractivity (Wildman–Crippen MR) is 63.5 cm³/mol. The Hall–Kier alpha value is -0.100. The van der Waals surface area contributed by atoms with Crippen molar-refractivity contribution in [3.05, 3.63) is 27.3 Å². The Balaban J connectivity index is 3.13. The normalized spacial score (nSPS) is 12.5. The van der Waals surface area contributed by atoms with Crippen molar-refractivity contribution < 1.29 is 9.90 Å². The summed E-state index contributed by atoms with van der Waals surface area (Å²) in [7, 11) is 0. The molecule has 4 heteroatoms. The third-order valence-corrected chi connectivity index (χ3v) is 2.93. The van der Waals surface area contributed by atoms with Gasteiger partial charge in [0, 0.05) is 9.13 Å². The highest BCUT2D eigenvalue weighted by molar-refractivity contribution is 14.1. The van der Waals surface area contributed by atoms with Gasteiger partial charge in [-0.15, -0.1) is 0 Å². The first-order valence-electron chi connectivity index (χ1n) is 3.69. The van der Waals surface area contributed by atoms with Gasteiger partial charge in [-0.25, -0.2) is 0 Å². The number of rotatable bonds is 2. The van der Waals surface area contributed by atoms with E-state index in [1.807, 2.05) is 0 Å². The van der Waals surface area contributed by atoms with E-state index in [9.17, 15) is 9.90 Å². The maximum atomic E-state index is 11.6. The maximum absolute atomic E-state index is 11.6. The molecule has 0 radical (unpaired) electrons. The van der Waals surface area contributed by atoms with Crippen molar-refractivity contribution in [2.75, 3.05) is 0 Å². The summed E-state index contributed by atoms with van der Waals surface area (Å²) in [6.45, 7) is 1.77. The Kier molecular flexibility index (Phi) is 3.73. The Labute approximate surface area is 98.6 Å². The first-order chi connectivity index (χ1) is 6.02.